The van der Waals surface area contributed by atoms with E-state index < -0.39 is 21.2 Å². The first-order valence-electron chi connectivity index (χ1n) is 9.17. The van der Waals surface area contributed by atoms with Gasteiger partial charge >= 0.3 is 11.7 Å². The molecule has 0 saturated heterocycles. The molecule has 4 rings (SSSR count). The third-order valence-corrected chi connectivity index (χ3v) is 6.56. The highest BCUT2D eigenvalue weighted by atomic mass is 32.2. The summed E-state index contributed by atoms with van der Waals surface area (Å²) in [6.45, 7) is 2.09. The van der Waals surface area contributed by atoms with Crippen molar-refractivity contribution in [1.29, 1.82) is 0 Å². The van der Waals surface area contributed by atoms with E-state index in [1.807, 2.05) is 0 Å². The Labute approximate surface area is 167 Å². The number of carbonyl (C=O) groups is 1. The maximum atomic E-state index is 12.7. The van der Waals surface area contributed by atoms with Crippen molar-refractivity contribution in [2.75, 3.05) is 11.3 Å². The monoisotopic (exact) mass is 416 g/mol. The lowest BCUT2D eigenvalue weighted by atomic mass is 9.96. The summed E-state index contributed by atoms with van der Waals surface area (Å²) in [5.41, 5.74) is 1.27. The number of ether oxygens (including phenoxy) is 1. The lowest BCUT2D eigenvalue weighted by Crippen LogP contribution is -2.23. The van der Waals surface area contributed by atoms with E-state index in [0.717, 1.165) is 18.4 Å². The number of nitrogens with one attached hydrogen (secondary N) is 1. The van der Waals surface area contributed by atoms with Crippen molar-refractivity contribution in [3.05, 3.63) is 58.6 Å². The minimum Gasteiger partial charge on any atom is -0.465 e. The molecule has 1 aromatic heterocycles. The number of benzene rings is 2. The average molecular weight is 416 g/mol. The van der Waals surface area contributed by atoms with Crippen LogP contribution in [-0.2, 0) is 32.0 Å². The Bertz CT molecular complexity index is 1250. The summed E-state index contributed by atoms with van der Waals surface area (Å²) in [7, 11) is -2.33. The van der Waals surface area contributed by atoms with E-state index in [1.165, 1.54) is 22.8 Å². The van der Waals surface area contributed by atoms with Crippen LogP contribution in [0.1, 0.15) is 25.3 Å². The topological polar surface area (TPSA) is 108 Å². The molecule has 1 saturated carbocycles. The number of oxazole rings is 1. The van der Waals surface area contributed by atoms with Crippen molar-refractivity contribution in [3.63, 3.8) is 0 Å². The van der Waals surface area contributed by atoms with E-state index in [4.69, 9.17) is 9.15 Å². The molecule has 152 valence electrons. The number of hydrogen-bond donors (Lipinski definition) is 1. The number of sulfonamides is 1. The van der Waals surface area contributed by atoms with Gasteiger partial charge in [-0.2, -0.15) is 0 Å². The number of anilines is 1. The average Bonchev–Trinajstić information content (AvgIpc) is 3.45. The molecule has 9 heteroatoms. The van der Waals surface area contributed by atoms with Crippen LogP contribution >= 0.6 is 0 Å². The molecule has 0 radical (unpaired) electrons. The molecular formula is C20H20N2O6S. The van der Waals surface area contributed by atoms with E-state index in [0.29, 0.717) is 17.8 Å². The second-order valence-corrected chi connectivity index (χ2v) is 8.72. The van der Waals surface area contributed by atoms with Crippen LogP contribution in [0.2, 0.25) is 0 Å². The second kappa shape index (κ2) is 6.77. The van der Waals surface area contributed by atoms with Crippen LogP contribution in [0.4, 0.5) is 5.69 Å². The Balaban J connectivity index is 1.57. The highest BCUT2D eigenvalue weighted by molar-refractivity contribution is 7.92. The first kappa shape index (κ1) is 19.3. The summed E-state index contributed by atoms with van der Waals surface area (Å²) >= 11 is 0. The Morgan fingerprint density at radius 2 is 1.90 bits per heavy atom. The molecule has 0 spiro atoms. The smallest absolute Gasteiger partial charge is 0.419 e. The molecule has 8 nitrogen and oxygen atoms in total. The molecule has 0 unspecified atom stereocenters. The molecule has 1 heterocycles. The standard InChI is InChI=1S/C20H20N2O6S/c1-3-27-18(23)20(10-11-20)13-4-6-14(7-5-13)21-29(25,26)15-8-9-16-17(12-15)28-19(24)22(16)2/h4-9,12,21H,3,10-11H2,1-2H3. The Hall–Kier alpha value is -3.07. The van der Waals surface area contributed by atoms with Crippen molar-refractivity contribution in [2.24, 2.45) is 7.05 Å². The molecule has 29 heavy (non-hydrogen) atoms. The van der Waals surface area contributed by atoms with Crippen molar-refractivity contribution in [3.8, 4) is 0 Å². The van der Waals surface area contributed by atoms with Crippen molar-refractivity contribution >= 4 is 32.8 Å². The molecule has 1 aliphatic carbocycles. The first-order valence-corrected chi connectivity index (χ1v) is 10.7. The molecular weight excluding hydrogens is 396 g/mol. The minimum absolute atomic E-state index is 0.0198. The maximum Gasteiger partial charge on any atom is 0.419 e. The fourth-order valence-corrected chi connectivity index (χ4v) is 4.43. The number of aromatic nitrogens is 1. The first-order chi connectivity index (χ1) is 13.8. The van der Waals surface area contributed by atoms with Crippen LogP contribution < -0.4 is 10.5 Å². The zero-order chi connectivity index (χ0) is 20.8. The molecule has 0 amide bonds. The quantitative estimate of drug-likeness (QED) is 0.619. The second-order valence-electron chi connectivity index (χ2n) is 7.04. The zero-order valence-electron chi connectivity index (χ0n) is 16.0. The molecule has 2 aromatic carbocycles. The van der Waals surface area contributed by atoms with E-state index in [9.17, 15) is 18.0 Å². The Kier molecular flexibility index (Phi) is 4.49. The highest BCUT2D eigenvalue weighted by Crippen LogP contribution is 2.49. The van der Waals surface area contributed by atoms with Crippen molar-refractivity contribution < 1.29 is 22.4 Å². The fraction of sp³-hybridized carbons (Fsp3) is 0.300. The van der Waals surface area contributed by atoms with Gasteiger partial charge in [-0.15, -0.1) is 0 Å². The Morgan fingerprint density at radius 1 is 1.21 bits per heavy atom. The molecule has 0 atom stereocenters. The number of nitrogens with zero attached hydrogens (tertiary/aromatic N) is 1. The summed E-state index contributed by atoms with van der Waals surface area (Å²) in [6.07, 6.45) is 1.44. The van der Waals surface area contributed by atoms with Crippen LogP contribution in [0, 0.1) is 0 Å². The third kappa shape index (κ3) is 3.31. The van der Waals surface area contributed by atoms with Crippen LogP contribution in [0.5, 0.6) is 0 Å². The lowest BCUT2D eigenvalue weighted by Gasteiger charge is -2.15. The molecule has 1 fully saturated rings. The van der Waals surface area contributed by atoms with Crippen LogP contribution in [0.3, 0.4) is 0 Å². The van der Waals surface area contributed by atoms with E-state index in [2.05, 4.69) is 4.72 Å². The van der Waals surface area contributed by atoms with Crippen LogP contribution in [0.15, 0.2) is 56.6 Å². The van der Waals surface area contributed by atoms with Gasteiger partial charge in [0.25, 0.3) is 10.0 Å². The number of carbonyl (C=O) groups excluding carboxylic acids is 1. The molecule has 3 aromatic rings. The number of rotatable bonds is 6. The highest BCUT2D eigenvalue weighted by Gasteiger charge is 2.52. The molecule has 0 bridgehead atoms. The predicted octanol–water partition coefficient (Wildman–Crippen LogP) is 2.53. The number of esters is 1. The van der Waals surface area contributed by atoms with E-state index >= 15 is 0 Å². The summed E-state index contributed by atoms with van der Waals surface area (Å²) in [5.74, 6) is -0.806. The normalized spacial score (nSPS) is 15.2. The van der Waals surface area contributed by atoms with Gasteiger partial charge < -0.3 is 9.15 Å². The van der Waals surface area contributed by atoms with Gasteiger partial charge in [0.15, 0.2) is 5.58 Å². The molecule has 1 N–H and O–H groups in total. The summed E-state index contributed by atoms with van der Waals surface area (Å²) < 4.78 is 39.4. The zero-order valence-corrected chi connectivity index (χ0v) is 16.8. The maximum absolute atomic E-state index is 12.7. The van der Waals surface area contributed by atoms with Crippen molar-refractivity contribution in [1.82, 2.24) is 4.57 Å². The van der Waals surface area contributed by atoms with Gasteiger partial charge in [0.05, 0.1) is 22.4 Å². The molecule has 0 aliphatic heterocycles. The van der Waals surface area contributed by atoms with Gasteiger partial charge in [-0.1, -0.05) is 12.1 Å². The van der Waals surface area contributed by atoms with Crippen LogP contribution in [0.25, 0.3) is 11.1 Å². The third-order valence-electron chi connectivity index (χ3n) is 5.18. The van der Waals surface area contributed by atoms with Gasteiger partial charge in [-0.3, -0.25) is 14.1 Å². The van der Waals surface area contributed by atoms with E-state index in [-0.39, 0.29) is 16.4 Å². The van der Waals surface area contributed by atoms with Gasteiger partial charge in [0.1, 0.15) is 0 Å². The SMILES string of the molecule is CCOC(=O)C1(c2ccc(NS(=O)(=O)c3ccc4c(c3)oc(=O)n4C)cc2)CC1. The van der Waals surface area contributed by atoms with Gasteiger partial charge in [-0.25, -0.2) is 13.2 Å². The Morgan fingerprint density at radius 3 is 2.52 bits per heavy atom. The number of fused-ring (bicyclic) bond motifs is 1. The number of hydrogen-bond acceptors (Lipinski definition) is 6. The van der Waals surface area contributed by atoms with E-state index in [1.54, 1.807) is 38.2 Å². The van der Waals surface area contributed by atoms with Crippen molar-refractivity contribution in [2.45, 2.75) is 30.1 Å². The summed E-state index contributed by atoms with van der Waals surface area (Å²) in [6, 6.07) is 11.0. The van der Waals surface area contributed by atoms with Gasteiger partial charge in [0.2, 0.25) is 0 Å². The van der Waals surface area contributed by atoms with Crippen LogP contribution in [-0.4, -0.2) is 25.6 Å². The fourth-order valence-electron chi connectivity index (χ4n) is 3.36. The lowest BCUT2D eigenvalue weighted by molar-refractivity contribution is -0.146. The molecule has 1 aliphatic rings. The van der Waals surface area contributed by atoms with Gasteiger partial charge in [0, 0.05) is 18.8 Å². The van der Waals surface area contributed by atoms with Gasteiger partial charge in [-0.05, 0) is 49.6 Å². The minimum atomic E-state index is -3.88. The summed E-state index contributed by atoms with van der Waals surface area (Å²) in [5, 5.41) is 0. The number of aryl methyl sites for hydroxylation is 1. The predicted molar refractivity (Wildman–Crippen MR) is 106 cm³/mol. The largest absolute Gasteiger partial charge is 0.465 e. The summed E-state index contributed by atoms with van der Waals surface area (Å²) in [4.78, 5) is 23.8.